The molecule has 0 saturated carbocycles. The van der Waals surface area contributed by atoms with Crippen molar-refractivity contribution in [3.63, 3.8) is 0 Å². The molecule has 0 unspecified atom stereocenters. The van der Waals surface area contributed by atoms with E-state index in [0.29, 0.717) is 17.5 Å². The molecule has 0 radical (unpaired) electrons. The van der Waals surface area contributed by atoms with Gasteiger partial charge in [-0.05, 0) is 74.3 Å². The molecule has 0 amide bonds. The molecule has 3 heterocycles. The van der Waals surface area contributed by atoms with Gasteiger partial charge in [0.05, 0.1) is 5.41 Å². The smallest absolute Gasteiger partial charge is 0.164 e. The van der Waals surface area contributed by atoms with E-state index in [1.54, 1.807) is 0 Å². The summed E-state index contributed by atoms with van der Waals surface area (Å²) in [5, 5.41) is 2.23. The van der Waals surface area contributed by atoms with Crippen LogP contribution in [0.15, 0.2) is 227 Å². The van der Waals surface area contributed by atoms with Gasteiger partial charge in [0.2, 0.25) is 0 Å². The first-order valence-corrected chi connectivity index (χ1v) is 22.1. The molecule has 1 aliphatic heterocycles. The molecule has 2 aliphatic rings. The van der Waals surface area contributed by atoms with E-state index in [1.807, 2.05) is 54.2 Å². The van der Waals surface area contributed by atoms with Crippen LogP contribution in [-0.2, 0) is 5.41 Å². The summed E-state index contributed by atoms with van der Waals surface area (Å²) >= 11 is 1.87. The Labute approximate surface area is 368 Å². The zero-order chi connectivity index (χ0) is 41.5. The fraction of sp³-hybridized carbons (Fsp3) is 0.0172. The molecule has 0 saturated heterocycles. The van der Waals surface area contributed by atoms with Crippen LogP contribution < -0.4 is 0 Å². The van der Waals surface area contributed by atoms with Gasteiger partial charge in [-0.25, -0.2) is 15.0 Å². The summed E-state index contributed by atoms with van der Waals surface area (Å²) in [5.41, 5.74) is 16.5. The number of hydrogen-bond donors (Lipinski definition) is 0. The van der Waals surface area contributed by atoms with Crippen LogP contribution in [0.4, 0.5) is 0 Å². The maximum Gasteiger partial charge on any atom is 0.164 e. The topological polar surface area (TPSA) is 51.8 Å². The van der Waals surface area contributed by atoms with Gasteiger partial charge in [-0.15, -0.1) is 0 Å². The number of hydrogen-bond acceptors (Lipinski definition) is 5. The quantitative estimate of drug-likeness (QED) is 0.173. The maximum atomic E-state index is 6.37. The minimum absolute atomic E-state index is 0.422. The van der Waals surface area contributed by atoms with Gasteiger partial charge in [0.25, 0.3) is 0 Å². The van der Waals surface area contributed by atoms with Gasteiger partial charge >= 0.3 is 0 Å². The van der Waals surface area contributed by atoms with E-state index in [-0.39, 0.29) is 0 Å². The van der Waals surface area contributed by atoms with Crippen LogP contribution in [0.25, 0.3) is 89.5 Å². The Morgan fingerprint density at radius 3 is 1.52 bits per heavy atom. The van der Waals surface area contributed by atoms with Gasteiger partial charge < -0.3 is 4.42 Å². The SMILES string of the molecule is c1ccc(-c2nc(-c3ccc(-c4ccc5c(c4)C4(c6ccccc6S5)c5ccccc5-c5ccccc54)cc3)nc(-c3ccc(-c4cccc5c4oc4ccccc45)cc3)n2)cc1. The Bertz CT molecular complexity index is 3550. The summed E-state index contributed by atoms with van der Waals surface area (Å²) in [7, 11) is 0. The molecule has 4 nitrogen and oxygen atoms in total. The molecule has 0 atom stereocenters. The summed E-state index contributed by atoms with van der Waals surface area (Å²) in [6.07, 6.45) is 0. The molecular weight excluding hydrogens is 787 g/mol. The van der Waals surface area contributed by atoms with Gasteiger partial charge in [-0.3, -0.25) is 0 Å². The number of para-hydroxylation sites is 2. The molecular formula is C58H35N3OS. The molecule has 11 aromatic rings. The predicted molar refractivity (Wildman–Crippen MR) is 256 cm³/mol. The average Bonchev–Trinajstić information content (AvgIpc) is 3.89. The fourth-order valence-electron chi connectivity index (χ4n) is 9.97. The van der Waals surface area contributed by atoms with Crippen LogP contribution in [0, 0.1) is 0 Å². The van der Waals surface area contributed by atoms with Gasteiger partial charge in [0.1, 0.15) is 11.2 Å². The standard InChI is InChI=1S/C58H35N3OS/c1-2-13-38(14-3-1)55-59-56(61-57(60-55)40-31-27-37(28-32-40)42-18-12-19-46-45-17-6-10-23-51(45)62-54(42)46)39-29-25-36(26-30-39)41-33-34-53-50(35-41)58(49-22-9-11-24-52(49)63-53)47-20-7-4-15-43(47)44-16-5-8-21-48(44)58/h1-35H. The Hall–Kier alpha value is -7.86. The molecule has 5 heteroatoms. The third-order valence-corrected chi connectivity index (χ3v) is 14.0. The highest BCUT2D eigenvalue weighted by atomic mass is 32.2. The number of benzene rings is 9. The highest BCUT2D eigenvalue weighted by Crippen LogP contribution is 2.62. The Balaban J connectivity index is 0.890. The molecule has 0 bridgehead atoms. The highest BCUT2D eigenvalue weighted by molar-refractivity contribution is 7.99. The van der Waals surface area contributed by atoms with Crippen molar-refractivity contribution in [1.82, 2.24) is 15.0 Å². The van der Waals surface area contributed by atoms with Crippen LogP contribution in [-0.4, -0.2) is 15.0 Å². The van der Waals surface area contributed by atoms with Crippen molar-refractivity contribution >= 4 is 33.7 Å². The van der Waals surface area contributed by atoms with Crippen molar-refractivity contribution in [1.29, 1.82) is 0 Å². The largest absolute Gasteiger partial charge is 0.455 e. The summed E-state index contributed by atoms with van der Waals surface area (Å²) in [4.78, 5) is 17.8. The van der Waals surface area contributed by atoms with Gasteiger partial charge in [-0.1, -0.05) is 200 Å². The van der Waals surface area contributed by atoms with Crippen LogP contribution in [0.2, 0.25) is 0 Å². The lowest BCUT2D eigenvalue weighted by Gasteiger charge is -2.40. The lowest BCUT2D eigenvalue weighted by molar-refractivity contribution is 0.670. The lowest BCUT2D eigenvalue weighted by atomic mass is 9.67. The molecule has 0 fully saturated rings. The van der Waals surface area contributed by atoms with Crippen molar-refractivity contribution in [3.8, 4) is 67.5 Å². The first kappa shape index (κ1) is 35.9. The second kappa shape index (κ2) is 14.1. The van der Waals surface area contributed by atoms with E-state index < -0.39 is 5.41 Å². The summed E-state index contributed by atoms with van der Waals surface area (Å²) in [6, 6.07) is 75.7. The number of rotatable bonds is 5. The molecule has 0 N–H and O–H groups in total. The third kappa shape index (κ3) is 5.53. The maximum absolute atomic E-state index is 6.37. The summed E-state index contributed by atoms with van der Waals surface area (Å²) in [6.45, 7) is 0. The molecule has 1 aliphatic carbocycles. The highest BCUT2D eigenvalue weighted by Gasteiger charge is 2.50. The minimum atomic E-state index is -0.422. The van der Waals surface area contributed by atoms with Crippen LogP contribution in [0.3, 0.4) is 0 Å². The van der Waals surface area contributed by atoms with Crippen molar-refractivity contribution in [3.05, 3.63) is 235 Å². The zero-order valence-electron chi connectivity index (χ0n) is 33.9. The third-order valence-electron chi connectivity index (χ3n) is 12.8. The molecule has 1 spiro atoms. The van der Waals surface area contributed by atoms with E-state index in [2.05, 4.69) is 170 Å². The second-order valence-corrected chi connectivity index (χ2v) is 17.3. The van der Waals surface area contributed by atoms with Gasteiger partial charge in [-0.2, -0.15) is 0 Å². The van der Waals surface area contributed by atoms with Gasteiger partial charge in [0, 0.05) is 42.8 Å². The first-order valence-electron chi connectivity index (χ1n) is 21.3. The van der Waals surface area contributed by atoms with Crippen LogP contribution in [0.5, 0.6) is 0 Å². The molecule has 63 heavy (non-hydrogen) atoms. The lowest BCUT2D eigenvalue weighted by Crippen LogP contribution is -2.32. The van der Waals surface area contributed by atoms with Crippen LogP contribution >= 0.6 is 11.8 Å². The molecule has 9 aromatic carbocycles. The molecule has 294 valence electrons. The molecule has 2 aromatic heterocycles. The molecule has 13 rings (SSSR count). The summed E-state index contributed by atoms with van der Waals surface area (Å²) in [5.74, 6) is 1.87. The fourth-order valence-corrected chi connectivity index (χ4v) is 11.1. The van der Waals surface area contributed by atoms with E-state index >= 15 is 0 Å². The van der Waals surface area contributed by atoms with E-state index in [1.165, 1.54) is 48.7 Å². The van der Waals surface area contributed by atoms with Crippen molar-refractivity contribution in [2.45, 2.75) is 15.2 Å². The number of aromatic nitrogens is 3. The normalized spacial score (nSPS) is 13.1. The van der Waals surface area contributed by atoms with Crippen LogP contribution in [0.1, 0.15) is 22.3 Å². The average molecular weight is 822 g/mol. The zero-order valence-corrected chi connectivity index (χ0v) is 34.7. The van der Waals surface area contributed by atoms with Crippen molar-refractivity contribution in [2.24, 2.45) is 0 Å². The minimum Gasteiger partial charge on any atom is -0.455 e. The Kier molecular flexibility index (Phi) is 8.02. The van der Waals surface area contributed by atoms with E-state index in [9.17, 15) is 0 Å². The van der Waals surface area contributed by atoms with E-state index in [4.69, 9.17) is 19.4 Å². The Morgan fingerprint density at radius 2 is 0.825 bits per heavy atom. The van der Waals surface area contributed by atoms with Crippen molar-refractivity contribution < 1.29 is 4.42 Å². The van der Waals surface area contributed by atoms with E-state index in [0.717, 1.165) is 55.3 Å². The van der Waals surface area contributed by atoms with Crippen molar-refractivity contribution in [2.75, 3.05) is 0 Å². The summed E-state index contributed by atoms with van der Waals surface area (Å²) < 4.78 is 6.37. The number of nitrogens with zero attached hydrogens (tertiary/aromatic N) is 3. The Morgan fingerprint density at radius 1 is 0.333 bits per heavy atom. The monoisotopic (exact) mass is 821 g/mol. The first-order chi connectivity index (χ1) is 31.2. The predicted octanol–water partition coefficient (Wildman–Crippen LogP) is 14.9. The second-order valence-electron chi connectivity index (χ2n) is 16.3. The van der Waals surface area contributed by atoms with Gasteiger partial charge in [0.15, 0.2) is 17.5 Å². The number of fused-ring (bicyclic) bond motifs is 12. The number of furan rings is 1.